The monoisotopic (exact) mass is 461 g/mol. The van der Waals surface area contributed by atoms with Gasteiger partial charge in [0.1, 0.15) is 11.3 Å². The Morgan fingerprint density at radius 1 is 0.879 bits per heavy atom. The fourth-order valence-electron chi connectivity index (χ4n) is 3.47. The topological polar surface area (TPSA) is 85.6 Å². The van der Waals surface area contributed by atoms with Crippen LogP contribution in [0.15, 0.2) is 94.2 Å². The van der Waals surface area contributed by atoms with E-state index in [2.05, 4.69) is 4.72 Å². The number of ether oxygens (including phenoxy) is 1. The Kier molecular flexibility index (Phi) is 6.33. The smallest absolute Gasteiger partial charge is 0.344 e. The molecule has 0 saturated heterocycles. The van der Waals surface area contributed by atoms with E-state index in [-0.39, 0.29) is 22.9 Å². The highest BCUT2D eigenvalue weighted by Crippen LogP contribution is 2.42. The van der Waals surface area contributed by atoms with Gasteiger partial charge in [-0.15, -0.1) is 0 Å². The fraction of sp³-hybridized carbons (Fsp3) is 0.115. The number of hydrogen-bond acceptors (Lipinski definition) is 5. The highest BCUT2D eigenvalue weighted by atomic mass is 32.2. The Hall–Kier alpha value is -3.84. The van der Waals surface area contributed by atoms with Crippen LogP contribution in [0, 0.1) is 6.92 Å². The Morgan fingerprint density at radius 3 is 2.03 bits per heavy atom. The molecule has 33 heavy (non-hydrogen) atoms. The molecule has 0 amide bonds. The van der Waals surface area contributed by atoms with Gasteiger partial charge in [-0.05, 0) is 31.5 Å². The lowest BCUT2D eigenvalue weighted by molar-refractivity contribution is 0.0528. The largest absolute Gasteiger partial charge is 0.462 e. The van der Waals surface area contributed by atoms with E-state index >= 15 is 0 Å². The van der Waals surface area contributed by atoms with Gasteiger partial charge in [-0.25, -0.2) is 17.9 Å². The van der Waals surface area contributed by atoms with Crippen molar-refractivity contribution in [2.45, 2.75) is 18.7 Å². The molecule has 0 aliphatic rings. The van der Waals surface area contributed by atoms with Crippen LogP contribution in [0.2, 0.25) is 0 Å². The summed E-state index contributed by atoms with van der Waals surface area (Å²) in [6.45, 7) is 3.69. The van der Waals surface area contributed by atoms with E-state index in [1.165, 1.54) is 12.1 Å². The van der Waals surface area contributed by atoms with E-state index in [9.17, 15) is 13.2 Å². The van der Waals surface area contributed by atoms with Gasteiger partial charge in [0.25, 0.3) is 10.0 Å². The van der Waals surface area contributed by atoms with Crippen LogP contribution in [0.5, 0.6) is 0 Å². The number of sulfonamides is 1. The molecular weight excluding hydrogens is 438 g/mol. The number of carbonyl (C=O) groups excluding carboxylic acids is 1. The summed E-state index contributed by atoms with van der Waals surface area (Å²) in [6, 6.07) is 24.8. The number of anilines is 1. The van der Waals surface area contributed by atoms with Crippen LogP contribution >= 0.6 is 0 Å². The number of hydrogen-bond donors (Lipinski definition) is 1. The van der Waals surface area contributed by atoms with Gasteiger partial charge < -0.3 is 9.15 Å². The molecule has 0 unspecified atom stereocenters. The minimum absolute atomic E-state index is 0.0255. The number of rotatable bonds is 7. The zero-order valence-electron chi connectivity index (χ0n) is 18.2. The van der Waals surface area contributed by atoms with Crippen LogP contribution in [0.4, 0.5) is 5.88 Å². The van der Waals surface area contributed by atoms with Crippen molar-refractivity contribution < 1.29 is 22.4 Å². The van der Waals surface area contributed by atoms with E-state index in [0.717, 1.165) is 5.56 Å². The molecular formula is C26H23NO5S. The fourth-order valence-corrected chi connectivity index (χ4v) is 4.47. The average molecular weight is 462 g/mol. The first-order chi connectivity index (χ1) is 15.9. The lowest BCUT2D eigenvalue weighted by Gasteiger charge is -2.09. The molecule has 4 rings (SSSR count). The molecule has 0 spiro atoms. The van der Waals surface area contributed by atoms with Gasteiger partial charge in [-0.2, -0.15) is 0 Å². The highest BCUT2D eigenvalue weighted by molar-refractivity contribution is 7.92. The highest BCUT2D eigenvalue weighted by Gasteiger charge is 2.31. The predicted molar refractivity (Wildman–Crippen MR) is 128 cm³/mol. The molecule has 0 bridgehead atoms. The third kappa shape index (κ3) is 4.68. The maximum absolute atomic E-state index is 13.1. The first kappa shape index (κ1) is 22.4. The Bertz CT molecular complexity index is 1360. The summed E-state index contributed by atoms with van der Waals surface area (Å²) in [6.07, 6.45) is 0. The Balaban J connectivity index is 1.94. The first-order valence-electron chi connectivity index (χ1n) is 10.4. The second-order valence-electron chi connectivity index (χ2n) is 7.38. The molecule has 168 valence electrons. The van der Waals surface area contributed by atoms with E-state index in [4.69, 9.17) is 9.15 Å². The average Bonchev–Trinajstić information content (AvgIpc) is 3.19. The Labute approximate surface area is 192 Å². The molecule has 1 aromatic heterocycles. The molecule has 6 nitrogen and oxygen atoms in total. The van der Waals surface area contributed by atoms with E-state index in [1.807, 2.05) is 67.6 Å². The van der Waals surface area contributed by atoms with E-state index < -0.39 is 16.0 Å². The summed E-state index contributed by atoms with van der Waals surface area (Å²) < 4.78 is 40.0. The summed E-state index contributed by atoms with van der Waals surface area (Å²) in [5.41, 5.74) is 2.81. The van der Waals surface area contributed by atoms with E-state index in [0.29, 0.717) is 22.5 Å². The minimum atomic E-state index is -4.02. The molecule has 0 radical (unpaired) electrons. The van der Waals surface area contributed by atoms with Crippen LogP contribution in [0.3, 0.4) is 0 Å². The summed E-state index contributed by atoms with van der Waals surface area (Å²) in [5.74, 6) is -0.498. The van der Waals surface area contributed by atoms with Crippen molar-refractivity contribution in [2.75, 3.05) is 11.3 Å². The zero-order chi connectivity index (χ0) is 23.4. The van der Waals surface area contributed by atoms with Crippen LogP contribution in [0.1, 0.15) is 22.8 Å². The maximum Gasteiger partial charge on any atom is 0.344 e. The van der Waals surface area contributed by atoms with Gasteiger partial charge in [0.15, 0.2) is 0 Å². The van der Waals surface area contributed by atoms with Gasteiger partial charge in [-0.1, -0.05) is 78.4 Å². The molecule has 0 fully saturated rings. The molecule has 7 heteroatoms. The SMILES string of the molecule is CCOC(=O)c1c(NS(=O)(=O)c2ccc(C)cc2)oc(-c2ccccc2)c1-c1ccccc1. The lowest BCUT2D eigenvalue weighted by Crippen LogP contribution is -2.15. The molecule has 4 aromatic rings. The third-order valence-corrected chi connectivity index (χ3v) is 6.39. The number of aryl methyl sites for hydroxylation is 1. The van der Waals surface area contributed by atoms with Crippen LogP contribution in [0.25, 0.3) is 22.5 Å². The van der Waals surface area contributed by atoms with Crippen molar-refractivity contribution >= 4 is 21.9 Å². The van der Waals surface area contributed by atoms with Crippen LogP contribution in [-0.4, -0.2) is 21.0 Å². The number of nitrogens with one attached hydrogen (secondary N) is 1. The second kappa shape index (κ2) is 9.34. The number of esters is 1. The standard InChI is InChI=1S/C26H23NO5S/c1-3-31-26(28)23-22(19-10-6-4-7-11-19)24(20-12-8-5-9-13-20)32-25(23)27-33(29,30)21-16-14-18(2)15-17-21/h4-17,27H,3H2,1-2H3. The zero-order valence-corrected chi connectivity index (χ0v) is 19.1. The van der Waals surface area contributed by atoms with Gasteiger partial charge >= 0.3 is 5.97 Å². The van der Waals surface area contributed by atoms with Crippen molar-refractivity contribution in [1.82, 2.24) is 0 Å². The number of carbonyl (C=O) groups is 1. The molecule has 0 saturated carbocycles. The van der Waals surface area contributed by atoms with Crippen molar-refractivity contribution in [3.05, 3.63) is 96.1 Å². The second-order valence-corrected chi connectivity index (χ2v) is 9.06. The minimum Gasteiger partial charge on any atom is -0.462 e. The summed E-state index contributed by atoms with van der Waals surface area (Å²) in [5, 5.41) is 0. The van der Waals surface area contributed by atoms with Crippen LogP contribution < -0.4 is 4.72 Å². The molecule has 0 aliphatic carbocycles. The maximum atomic E-state index is 13.1. The molecule has 0 aliphatic heterocycles. The predicted octanol–water partition coefficient (Wildman–Crippen LogP) is 5.90. The van der Waals surface area contributed by atoms with Gasteiger partial charge in [0, 0.05) is 11.1 Å². The number of benzene rings is 3. The van der Waals surface area contributed by atoms with Crippen molar-refractivity contribution in [3.63, 3.8) is 0 Å². The van der Waals surface area contributed by atoms with Crippen molar-refractivity contribution in [2.24, 2.45) is 0 Å². The van der Waals surface area contributed by atoms with Gasteiger partial charge in [0.05, 0.1) is 11.5 Å². The Morgan fingerprint density at radius 2 is 1.45 bits per heavy atom. The summed E-state index contributed by atoms with van der Waals surface area (Å²) in [4.78, 5) is 13.1. The normalized spacial score (nSPS) is 11.2. The lowest BCUT2D eigenvalue weighted by atomic mass is 9.98. The number of furan rings is 1. The first-order valence-corrected chi connectivity index (χ1v) is 11.9. The quantitative estimate of drug-likeness (QED) is 0.346. The van der Waals surface area contributed by atoms with Crippen LogP contribution in [-0.2, 0) is 14.8 Å². The van der Waals surface area contributed by atoms with Gasteiger partial charge in [-0.3, -0.25) is 0 Å². The summed E-state index contributed by atoms with van der Waals surface area (Å²) >= 11 is 0. The molecule has 3 aromatic carbocycles. The summed E-state index contributed by atoms with van der Waals surface area (Å²) in [7, 11) is -4.02. The molecule has 1 N–H and O–H groups in total. The van der Waals surface area contributed by atoms with Crippen molar-refractivity contribution in [3.8, 4) is 22.5 Å². The molecule has 0 atom stereocenters. The van der Waals surface area contributed by atoms with E-state index in [1.54, 1.807) is 19.1 Å². The molecule has 1 heterocycles. The van der Waals surface area contributed by atoms with Crippen molar-refractivity contribution in [1.29, 1.82) is 0 Å². The third-order valence-electron chi connectivity index (χ3n) is 5.04. The van der Waals surface area contributed by atoms with Gasteiger partial charge in [0.2, 0.25) is 5.88 Å².